The number of anilines is 1. The quantitative estimate of drug-likeness (QED) is 0.516. The number of aliphatic carboxylic acids is 1. The molecule has 1 fully saturated rings. The number of imidazole rings is 1. The maximum atomic E-state index is 12.5. The van der Waals surface area contributed by atoms with Gasteiger partial charge in [0.2, 0.25) is 5.95 Å². The molecule has 0 aromatic carbocycles. The van der Waals surface area contributed by atoms with Crippen LogP contribution in [0, 0.1) is 0 Å². The maximum absolute atomic E-state index is 12.5. The molecule has 1 saturated heterocycles. The smallest absolute Gasteiger partial charge is 0.326 e. The van der Waals surface area contributed by atoms with E-state index in [1.807, 2.05) is 0 Å². The Bertz CT molecular complexity index is 845. The van der Waals surface area contributed by atoms with Crippen LogP contribution in [0.15, 0.2) is 11.1 Å². The van der Waals surface area contributed by atoms with Gasteiger partial charge in [-0.25, -0.2) is 9.78 Å². The number of nitrogens with zero attached hydrogens (tertiary/aromatic N) is 4. The Balaban J connectivity index is 2.09. The van der Waals surface area contributed by atoms with Crippen LogP contribution in [0.2, 0.25) is 0 Å². The highest BCUT2D eigenvalue weighted by molar-refractivity contribution is 5.75. The summed E-state index contributed by atoms with van der Waals surface area (Å²) >= 11 is 0. The SMILES string of the molecule is CC(C(=O)O)n1c(N)nc2c(ncn2[C@H]2C[C@H](O)[C@@H](CO)O2)c1=O. The number of hydrogen-bond acceptors (Lipinski definition) is 8. The fourth-order valence-electron chi connectivity index (χ4n) is 2.74. The fraction of sp³-hybridized carbons (Fsp3) is 0.538. The molecule has 0 aliphatic carbocycles. The van der Waals surface area contributed by atoms with Crippen LogP contribution in [-0.2, 0) is 9.53 Å². The lowest BCUT2D eigenvalue weighted by Gasteiger charge is -2.15. The maximum Gasteiger partial charge on any atom is 0.326 e. The first-order chi connectivity index (χ1) is 11.3. The molecule has 1 aliphatic rings. The van der Waals surface area contributed by atoms with E-state index in [4.69, 9.17) is 20.7 Å². The van der Waals surface area contributed by atoms with Crippen molar-refractivity contribution in [3.05, 3.63) is 16.7 Å². The Morgan fingerprint density at radius 2 is 2.29 bits per heavy atom. The van der Waals surface area contributed by atoms with Crippen molar-refractivity contribution in [3.63, 3.8) is 0 Å². The molecule has 5 N–H and O–H groups in total. The van der Waals surface area contributed by atoms with E-state index in [1.54, 1.807) is 0 Å². The summed E-state index contributed by atoms with van der Waals surface area (Å²) in [5.41, 5.74) is 5.15. The number of carboxylic acids is 1. The molecule has 3 rings (SSSR count). The molecule has 0 bridgehead atoms. The third-order valence-corrected chi connectivity index (χ3v) is 4.10. The number of fused-ring (bicyclic) bond motifs is 1. The van der Waals surface area contributed by atoms with Crippen molar-refractivity contribution in [1.82, 2.24) is 19.1 Å². The molecular formula is C13H17N5O6. The molecule has 2 aromatic heterocycles. The number of aliphatic hydroxyl groups is 2. The summed E-state index contributed by atoms with van der Waals surface area (Å²) in [4.78, 5) is 31.7. The zero-order valence-electron chi connectivity index (χ0n) is 12.7. The molecule has 1 unspecified atom stereocenters. The molecule has 3 heterocycles. The number of ether oxygens (including phenoxy) is 1. The normalized spacial score (nSPS) is 25.2. The second-order valence-corrected chi connectivity index (χ2v) is 5.60. The lowest BCUT2D eigenvalue weighted by molar-refractivity contribution is -0.140. The summed E-state index contributed by atoms with van der Waals surface area (Å²) in [7, 11) is 0. The molecule has 4 atom stereocenters. The van der Waals surface area contributed by atoms with Crippen LogP contribution in [0.25, 0.3) is 11.2 Å². The van der Waals surface area contributed by atoms with Crippen molar-refractivity contribution in [3.8, 4) is 0 Å². The van der Waals surface area contributed by atoms with Gasteiger partial charge in [0, 0.05) is 6.42 Å². The second-order valence-electron chi connectivity index (χ2n) is 5.60. The minimum Gasteiger partial charge on any atom is -0.480 e. The minimum atomic E-state index is -1.22. The van der Waals surface area contributed by atoms with Gasteiger partial charge < -0.3 is 25.8 Å². The Labute approximate surface area is 134 Å². The molecular weight excluding hydrogens is 322 g/mol. The van der Waals surface area contributed by atoms with Crippen LogP contribution in [0.5, 0.6) is 0 Å². The highest BCUT2D eigenvalue weighted by Crippen LogP contribution is 2.30. The Kier molecular flexibility index (Phi) is 3.99. The lowest BCUT2D eigenvalue weighted by Crippen LogP contribution is -2.31. The van der Waals surface area contributed by atoms with E-state index in [9.17, 15) is 14.7 Å². The highest BCUT2D eigenvalue weighted by Gasteiger charge is 2.35. The number of rotatable bonds is 4. The standard InChI is InChI=1S/C13H17N5O6/c1-5(12(22)23)18-11(21)9-10(16-13(18)14)17(4-15-9)8-2-6(20)7(3-19)24-8/h4-8,19-20H,2-3H2,1H3,(H2,14,16)(H,22,23)/t5?,6-,7+,8+/m0/s1. The molecule has 0 amide bonds. The van der Waals surface area contributed by atoms with Gasteiger partial charge in [0.05, 0.1) is 19.0 Å². The van der Waals surface area contributed by atoms with E-state index in [0.29, 0.717) is 0 Å². The Morgan fingerprint density at radius 3 is 2.88 bits per heavy atom. The number of aromatic nitrogens is 4. The van der Waals surface area contributed by atoms with Crippen LogP contribution < -0.4 is 11.3 Å². The van der Waals surface area contributed by atoms with Crippen LogP contribution in [0.4, 0.5) is 5.95 Å². The minimum absolute atomic E-state index is 0.0529. The summed E-state index contributed by atoms with van der Waals surface area (Å²) in [6.07, 6.45) is -0.765. The summed E-state index contributed by atoms with van der Waals surface area (Å²) < 4.78 is 7.79. The van der Waals surface area contributed by atoms with Gasteiger partial charge in [0.15, 0.2) is 11.2 Å². The van der Waals surface area contributed by atoms with E-state index in [1.165, 1.54) is 17.8 Å². The Hall–Kier alpha value is -2.50. The molecule has 2 aromatic rings. The summed E-state index contributed by atoms with van der Waals surface area (Å²) in [5, 5.41) is 28.1. The van der Waals surface area contributed by atoms with Crippen molar-refractivity contribution in [2.24, 2.45) is 0 Å². The van der Waals surface area contributed by atoms with Crippen molar-refractivity contribution in [1.29, 1.82) is 0 Å². The van der Waals surface area contributed by atoms with Gasteiger partial charge in [-0.15, -0.1) is 0 Å². The van der Waals surface area contributed by atoms with Crippen molar-refractivity contribution < 1.29 is 24.9 Å². The molecule has 0 radical (unpaired) electrons. The van der Waals surface area contributed by atoms with Crippen LogP contribution >= 0.6 is 0 Å². The summed E-state index contributed by atoms with van der Waals surface area (Å²) in [5.74, 6) is -1.49. The third-order valence-electron chi connectivity index (χ3n) is 4.10. The lowest BCUT2D eigenvalue weighted by atomic mass is 10.2. The van der Waals surface area contributed by atoms with Crippen molar-refractivity contribution in [2.75, 3.05) is 12.3 Å². The van der Waals surface area contributed by atoms with E-state index < -0.39 is 36.0 Å². The Morgan fingerprint density at radius 1 is 1.58 bits per heavy atom. The van der Waals surface area contributed by atoms with Gasteiger partial charge in [-0.1, -0.05) is 0 Å². The van der Waals surface area contributed by atoms with E-state index in [0.717, 1.165) is 4.57 Å². The molecule has 0 saturated carbocycles. The topological polar surface area (TPSA) is 166 Å². The first kappa shape index (κ1) is 16.4. The highest BCUT2D eigenvalue weighted by atomic mass is 16.5. The van der Waals surface area contributed by atoms with Crippen molar-refractivity contribution >= 4 is 23.1 Å². The largest absolute Gasteiger partial charge is 0.480 e. The van der Waals surface area contributed by atoms with Gasteiger partial charge >= 0.3 is 5.97 Å². The number of carboxylic acid groups (broad SMARTS) is 1. The predicted molar refractivity (Wildman–Crippen MR) is 80.2 cm³/mol. The molecule has 11 heteroatoms. The average Bonchev–Trinajstić information content (AvgIpc) is 3.10. The monoisotopic (exact) mass is 339 g/mol. The summed E-state index contributed by atoms with van der Waals surface area (Å²) in [6.45, 7) is 0.968. The third kappa shape index (κ3) is 2.42. The van der Waals surface area contributed by atoms with Crippen LogP contribution in [0.1, 0.15) is 25.6 Å². The number of nitrogens with two attached hydrogens (primary N) is 1. The van der Waals surface area contributed by atoms with E-state index >= 15 is 0 Å². The molecule has 1 aliphatic heterocycles. The average molecular weight is 339 g/mol. The van der Waals surface area contributed by atoms with E-state index in [2.05, 4.69) is 9.97 Å². The second kappa shape index (κ2) is 5.85. The summed E-state index contributed by atoms with van der Waals surface area (Å²) in [6, 6.07) is -1.19. The number of aliphatic hydroxyl groups excluding tert-OH is 2. The van der Waals surface area contributed by atoms with Gasteiger partial charge in [-0.05, 0) is 6.92 Å². The van der Waals surface area contributed by atoms with Gasteiger partial charge in [-0.2, -0.15) is 4.98 Å². The number of nitrogen functional groups attached to an aromatic ring is 1. The van der Waals surface area contributed by atoms with Gasteiger partial charge in [0.25, 0.3) is 5.56 Å². The zero-order chi connectivity index (χ0) is 17.6. The number of carbonyl (C=O) groups is 1. The van der Waals surface area contributed by atoms with Gasteiger partial charge in [0.1, 0.15) is 18.4 Å². The van der Waals surface area contributed by atoms with Crippen LogP contribution in [0.3, 0.4) is 0 Å². The molecule has 130 valence electrons. The molecule has 0 spiro atoms. The first-order valence-corrected chi connectivity index (χ1v) is 7.26. The van der Waals surface area contributed by atoms with Crippen LogP contribution in [-0.4, -0.2) is 59.2 Å². The van der Waals surface area contributed by atoms with E-state index in [-0.39, 0.29) is 30.1 Å². The molecule has 11 nitrogen and oxygen atoms in total. The predicted octanol–water partition coefficient (Wildman–Crippen LogP) is -1.54. The van der Waals surface area contributed by atoms with Gasteiger partial charge in [-0.3, -0.25) is 13.9 Å². The zero-order valence-corrected chi connectivity index (χ0v) is 12.7. The molecule has 24 heavy (non-hydrogen) atoms. The fourth-order valence-corrected chi connectivity index (χ4v) is 2.74. The first-order valence-electron chi connectivity index (χ1n) is 7.26. The number of hydrogen-bond donors (Lipinski definition) is 4. The van der Waals surface area contributed by atoms with Crippen molar-refractivity contribution in [2.45, 2.75) is 37.8 Å².